The summed E-state index contributed by atoms with van der Waals surface area (Å²) in [6.07, 6.45) is 0. The van der Waals surface area contributed by atoms with Gasteiger partial charge < -0.3 is 9.73 Å². The summed E-state index contributed by atoms with van der Waals surface area (Å²) in [5, 5.41) is 7.71. The van der Waals surface area contributed by atoms with Gasteiger partial charge in [0.15, 0.2) is 0 Å². The average Bonchev–Trinajstić information content (AvgIpc) is 3.02. The Kier molecular flexibility index (Phi) is 6.05. The lowest BCUT2D eigenvalue weighted by molar-refractivity contribution is 0.0963. The first-order chi connectivity index (χ1) is 13.0. The van der Waals surface area contributed by atoms with Crippen molar-refractivity contribution in [3.05, 3.63) is 69.5 Å². The molecule has 0 aliphatic rings. The smallest absolute Gasteiger partial charge is 0.288 e. The quantitative estimate of drug-likeness (QED) is 0.632. The zero-order valence-corrected chi connectivity index (χ0v) is 16.5. The number of benzene rings is 2. The van der Waals surface area contributed by atoms with E-state index >= 15 is 0 Å². The van der Waals surface area contributed by atoms with Crippen molar-refractivity contribution in [3.8, 4) is 11.5 Å². The van der Waals surface area contributed by atoms with Crippen LogP contribution in [0.3, 0.4) is 0 Å². The first-order valence-electron chi connectivity index (χ1n) is 8.29. The molecule has 0 bridgehead atoms. The van der Waals surface area contributed by atoms with Crippen LogP contribution in [-0.4, -0.2) is 34.7 Å². The molecule has 2 aromatic carbocycles. The zero-order valence-electron chi connectivity index (χ0n) is 15.0. The van der Waals surface area contributed by atoms with Crippen molar-refractivity contribution in [2.75, 3.05) is 14.1 Å². The first-order valence-corrected chi connectivity index (χ1v) is 9.08. The summed E-state index contributed by atoms with van der Waals surface area (Å²) in [6, 6.07) is 14.7. The Bertz CT molecular complexity index is 980. The van der Waals surface area contributed by atoms with Gasteiger partial charge in [-0.2, -0.15) is 0 Å². The fourth-order valence-electron chi connectivity index (χ4n) is 2.60. The van der Waals surface area contributed by atoms with Gasteiger partial charge in [0.2, 0.25) is 5.89 Å². The molecule has 0 aliphatic carbocycles. The van der Waals surface area contributed by atoms with Crippen molar-refractivity contribution in [2.45, 2.75) is 13.2 Å². The third-order valence-electron chi connectivity index (χ3n) is 3.97. The van der Waals surface area contributed by atoms with E-state index in [1.54, 1.807) is 23.9 Å². The topological polar surface area (TPSA) is 63.3 Å². The highest BCUT2D eigenvalue weighted by Crippen LogP contribution is 2.20. The molecule has 0 saturated heterocycles. The number of rotatable bonds is 6. The molecular formula is C19H19ClN4O2S. The van der Waals surface area contributed by atoms with Crippen molar-refractivity contribution in [1.29, 1.82) is 0 Å². The number of hydrogen-bond acceptors (Lipinski definition) is 5. The van der Waals surface area contributed by atoms with Gasteiger partial charge in [-0.25, -0.2) is 4.68 Å². The van der Waals surface area contributed by atoms with Crippen LogP contribution in [0.1, 0.15) is 15.9 Å². The molecular weight excluding hydrogens is 384 g/mol. The summed E-state index contributed by atoms with van der Waals surface area (Å²) < 4.78 is 7.24. The molecule has 3 aromatic rings. The second-order valence-corrected chi connectivity index (χ2v) is 6.90. The van der Waals surface area contributed by atoms with Crippen LogP contribution >= 0.6 is 23.8 Å². The number of amides is 1. The second kappa shape index (κ2) is 8.47. The normalized spacial score (nSPS) is 11.0. The van der Waals surface area contributed by atoms with E-state index in [0.717, 1.165) is 11.1 Å². The average molecular weight is 403 g/mol. The molecule has 27 heavy (non-hydrogen) atoms. The number of nitrogens with one attached hydrogen (secondary N) is 1. The van der Waals surface area contributed by atoms with Crippen LogP contribution < -0.4 is 5.32 Å². The van der Waals surface area contributed by atoms with Crippen molar-refractivity contribution < 1.29 is 9.21 Å². The van der Waals surface area contributed by atoms with Gasteiger partial charge in [0.1, 0.15) is 0 Å². The predicted molar refractivity (Wildman–Crippen MR) is 107 cm³/mol. The highest BCUT2D eigenvalue weighted by atomic mass is 35.5. The molecule has 1 heterocycles. The summed E-state index contributed by atoms with van der Waals surface area (Å²) in [7, 11) is 3.58. The lowest BCUT2D eigenvalue weighted by atomic mass is 10.1. The van der Waals surface area contributed by atoms with Crippen LogP contribution in [0.4, 0.5) is 0 Å². The zero-order chi connectivity index (χ0) is 19.4. The van der Waals surface area contributed by atoms with E-state index in [4.69, 9.17) is 28.2 Å². The van der Waals surface area contributed by atoms with Gasteiger partial charge in [0, 0.05) is 29.7 Å². The standard InChI is InChI=1S/C19H19ClN4O2S/c1-21-17(25)14-5-3-13(4-6-14)11-23(2)12-24-19(27)26-18(22-24)15-7-9-16(20)10-8-15/h3-10H,11-12H2,1-2H3,(H,21,25). The largest absolute Gasteiger partial charge is 0.409 e. The minimum atomic E-state index is -0.0986. The Morgan fingerprint density at radius 2 is 1.89 bits per heavy atom. The van der Waals surface area contributed by atoms with E-state index in [1.165, 1.54) is 0 Å². The highest BCUT2D eigenvalue weighted by molar-refractivity contribution is 7.71. The number of aromatic nitrogens is 2. The molecule has 1 aromatic heterocycles. The van der Waals surface area contributed by atoms with Gasteiger partial charge in [-0.05, 0) is 61.2 Å². The fraction of sp³-hybridized carbons (Fsp3) is 0.211. The molecule has 140 valence electrons. The highest BCUT2D eigenvalue weighted by Gasteiger charge is 2.11. The predicted octanol–water partition coefficient (Wildman–Crippen LogP) is 3.98. The molecule has 0 aliphatic heterocycles. The fourth-order valence-corrected chi connectivity index (χ4v) is 2.90. The van der Waals surface area contributed by atoms with Crippen molar-refractivity contribution >= 4 is 29.7 Å². The number of nitrogens with zero attached hydrogens (tertiary/aromatic N) is 3. The maximum absolute atomic E-state index is 11.6. The van der Waals surface area contributed by atoms with E-state index in [0.29, 0.717) is 34.5 Å². The Morgan fingerprint density at radius 1 is 1.22 bits per heavy atom. The summed E-state index contributed by atoms with van der Waals surface area (Å²) in [4.78, 5) is 14.0. The lowest BCUT2D eigenvalue weighted by Gasteiger charge is -2.16. The molecule has 1 N–H and O–H groups in total. The molecule has 3 rings (SSSR count). The maximum atomic E-state index is 11.6. The third kappa shape index (κ3) is 4.82. The summed E-state index contributed by atoms with van der Waals surface area (Å²) >= 11 is 11.2. The van der Waals surface area contributed by atoms with Crippen molar-refractivity contribution in [2.24, 2.45) is 0 Å². The lowest BCUT2D eigenvalue weighted by Crippen LogP contribution is -2.22. The van der Waals surface area contributed by atoms with Crippen molar-refractivity contribution in [3.63, 3.8) is 0 Å². The number of carbonyl (C=O) groups excluding carboxylic acids is 1. The molecule has 0 fully saturated rings. The van der Waals surface area contributed by atoms with E-state index in [-0.39, 0.29) is 5.91 Å². The molecule has 0 radical (unpaired) electrons. The van der Waals surface area contributed by atoms with Gasteiger partial charge in [-0.15, -0.1) is 5.10 Å². The SMILES string of the molecule is CNC(=O)c1ccc(CN(C)Cn2nc(-c3ccc(Cl)cc3)oc2=S)cc1. The molecule has 0 unspecified atom stereocenters. The molecule has 8 heteroatoms. The van der Waals surface area contributed by atoms with Gasteiger partial charge in [-0.1, -0.05) is 23.7 Å². The second-order valence-electron chi connectivity index (χ2n) is 6.11. The van der Waals surface area contributed by atoms with Gasteiger partial charge in [-0.3, -0.25) is 9.69 Å². The van der Waals surface area contributed by atoms with Crippen LogP contribution in [0.5, 0.6) is 0 Å². The number of carbonyl (C=O) groups is 1. The molecule has 6 nitrogen and oxygen atoms in total. The Labute approximate surface area is 167 Å². The molecule has 0 spiro atoms. The molecule has 0 atom stereocenters. The summed E-state index contributed by atoms with van der Waals surface area (Å²) in [6.45, 7) is 1.16. The Morgan fingerprint density at radius 3 is 2.52 bits per heavy atom. The Balaban J connectivity index is 1.67. The number of hydrogen-bond donors (Lipinski definition) is 1. The first kappa shape index (κ1) is 19.3. The van der Waals surface area contributed by atoms with Gasteiger partial charge in [0.05, 0.1) is 6.67 Å². The van der Waals surface area contributed by atoms with Crippen LogP contribution in [0, 0.1) is 4.84 Å². The van der Waals surface area contributed by atoms with E-state index < -0.39 is 0 Å². The summed E-state index contributed by atoms with van der Waals surface area (Å²) in [5.74, 6) is 0.360. The van der Waals surface area contributed by atoms with Crippen LogP contribution in [-0.2, 0) is 13.2 Å². The third-order valence-corrected chi connectivity index (χ3v) is 4.51. The van der Waals surface area contributed by atoms with E-state index in [9.17, 15) is 4.79 Å². The van der Waals surface area contributed by atoms with Crippen LogP contribution in [0.25, 0.3) is 11.5 Å². The molecule has 0 saturated carbocycles. The minimum absolute atomic E-state index is 0.0986. The van der Waals surface area contributed by atoms with E-state index in [1.807, 2.05) is 43.4 Å². The van der Waals surface area contributed by atoms with Gasteiger partial charge >= 0.3 is 0 Å². The minimum Gasteiger partial charge on any atom is -0.409 e. The van der Waals surface area contributed by atoms with Crippen LogP contribution in [0.15, 0.2) is 52.9 Å². The van der Waals surface area contributed by atoms with E-state index in [2.05, 4.69) is 15.3 Å². The van der Waals surface area contributed by atoms with Crippen molar-refractivity contribution in [1.82, 2.24) is 20.0 Å². The summed E-state index contributed by atoms with van der Waals surface area (Å²) in [5.41, 5.74) is 2.53. The molecule has 1 amide bonds. The van der Waals surface area contributed by atoms with Crippen LogP contribution in [0.2, 0.25) is 5.02 Å². The Hall–Kier alpha value is -2.48. The van der Waals surface area contributed by atoms with Gasteiger partial charge in [0.25, 0.3) is 10.7 Å². The monoisotopic (exact) mass is 402 g/mol. The number of halogens is 1. The maximum Gasteiger partial charge on any atom is 0.288 e.